The molecule has 1 amide bonds. The van der Waals surface area contributed by atoms with E-state index in [-0.39, 0.29) is 0 Å². The van der Waals surface area contributed by atoms with Gasteiger partial charge in [-0.3, -0.25) is 4.79 Å². The van der Waals surface area contributed by atoms with E-state index >= 15 is 0 Å². The number of amides is 1. The smallest absolute Gasteiger partial charge is 0.225 e. The zero-order valence-electron chi connectivity index (χ0n) is 12.3. The molecule has 3 nitrogen and oxygen atoms in total. The molecule has 1 aliphatic carbocycles. The van der Waals surface area contributed by atoms with Crippen LogP contribution < -0.4 is 0 Å². The summed E-state index contributed by atoms with van der Waals surface area (Å²) >= 11 is 0. The highest BCUT2D eigenvalue weighted by atomic mass is 16.2. The minimum Gasteiger partial charge on any atom is -0.338 e. The van der Waals surface area contributed by atoms with Crippen LogP contribution in [0, 0.1) is 5.92 Å². The summed E-state index contributed by atoms with van der Waals surface area (Å²) in [5.41, 5.74) is 0. The Morgan fingerprint density at radius 1 is 0.842 bits per heavy atom. The average Bonchev–Trinajstić information content (AvgIpc) is 3.07. The number of likely N-dealkylation sites (N-methyl/N-ethyl adjacent to an activating group) is 1. The minimum atomic E-state index is 0.348. The zero-order valence-corrected chi connectivity index (χ0v) is 12.3. The fourth-order valence-electron chi connectivity index (χ4n) is 4.47. The van der Waals surface area contributed by atoms with Gasteiger partial charge in [0.15, 0.2) is 0 Å². The molecule has 0 unspecified atom stereocenters. The van der Waals surface area contributed by atoms with E-state index < -0.39 is 0 Å². The topological polar surface area (TPSA) is 23.6 Å². The predicted molar refractivity (Wildman–Crippen MR) is 77.0 cm³/mol. The van der Waals surface area contributed by atoms with Gasteiger partial charge in [0.2, 0.25) is 5.91 Å². The Morgan fingerprint density at radius 2 is 1.53 bits per heavy atom. The fraction of sp³-hybridized carbons (Fsp3) is 0.938. The second-order valence-electron chi connectivity index (χ2n) is 6.77. The number of hydrogen-bond donors (Lipinski definition) is 0. The molecule has 0 aromatic rings. The van der Waals surface area contributed by atoms with E-state index in [0.717, 1.165) is 19.4 Å². The lowest BCUT2D eigenvalue weighted by atomic mass is 9.88. The van der Waals surface area contributed by atoms with Crippen molar-refractivity contribution >= 4 is 5.91 Å². The van der Waals surface area contributed by atoms with Gasteiger partial charge >= 0.3 is 0 Å². The van der Waals surface area contributed by atoms with Gasteiger partial charge in [-0.15, -0.1) is 0 Å². The highest BCUT2D eigenvalue weighted by Crippen LogP contribution is 2.33. The largest absolute Gasteiger partial charge is 0.338 e. The Kier molecular flexibility index (Phi) is 4.11. The van der Waals surface area contributed by atoms with Crippen molar-refractivity contribution in [2.75, 3.05) is 20.1 Å². The molecule has 3 rings (SSSR count). The van der Waals surface area contributed by atoms with Crippen molar-refractivity contribution in [2.45, 2.75) is 69.9 Å². The van der Waals surface area contributed by atoms with Gasteiger partial charge in [0.05, 0.1) is 0 Å². The first-order valence-corrected chi connectivity index (χ1v) is 8.28. The van der Waals surface area contributed by atoms with Gasteiger partial charge in [0.1, 0.15) is 0 Å². The minimum absolute atomic E-state index is 0.348. The van der Waals surface area contributed by atoms with Crippen molar-refractivity contribution in [1.82, 2.24) is 9.80 Å². The first-order valence-electron chi connectivity index (χ1n) is 8.28. The molecular weight excluding hydrogens is 236 g/mol. The molecule has 0 spiro atoms. The van der Waals surface area contributed by atoms with Crippen LogP contribution in [-0.4, -0.2) is 47.9 Å². The van der Waals surface area contributed by atoms with Gasteiger partial charge in [-0.1, -0.05) is 19.3 Å². The first kappa shape index (κ1) is 13.4. The maximum atomic E-state index is 12.8. The Balaban J connectivity index is 1.66. The highest BCUT2D eigenvalue weighted by molar-refractivity contribution is 5.79. The van der Waals surface area contributed by atoms with Crippen molar-refractivity contribution in [1.29, 1.82) is 0 Å². The highest BCUT2D eigenvalue weighted by Gasteiger charge is 2.40. The van der Waals surface area contributed by atoms with Crippen LogP contribution in [0.2, 0.25) is 0 Å². The lowest BCUT2D eigenvalue weighted by Crippen LogP contribution is -2.49. The zero-order chi connectivity index (χ0) is 13.2. The normalized spacial score (nSPS) is 34.1. The lowest BCUT2D eigenvalue weighted by Gasteiger charge is -2.36. The summed E-state index contributed by atoms with van der Waals surface area (Å²) in [4.78, 5) is 17.5. The van der Waals surface area contributed by atoms with Crippen LogP contribution in [0.3, 0.4) is 0 Å². The molecule has 3 fully saturated rings. The molecule has 108 valence electrons. The molecule has 0 radical (unpaired) electrons. The predicted octanol–water partition coefficient (Wildman–Crippen LogP) is 2.65. The maximum absolute atomic E-state index is 12.8. The Hall–Kier alpha value is -0.570. The van der Waals surface area contributed by atoms with Crippen LogP contribution in [0.15, 0.2) is 0 Å². The van der Waals surface area contributed by atoms with Gasteiger partial charge in [-0.2, -0.15) is 0 Å². The summed E-state index contributed by atoms with van der Waals surface area (Å²) in [6, 6.07) is 1.15. The molecule has 0 bridgehead atoms. The molecule has 0 aromatic heterocycles. The van der Waals surface area contributed by atoms with Crippen LogP contribution in [0.1, 0.15) is 57.8 Å². The van der Waals surface area contributed by atoms with E-state index in [2.05, 4.69) is 16.8 Å². The third-order valence-electron chi connectivity index (χ3n) is 5.56. The van der Waals surface area contributed by atoms with E-state index in [9.17, 15) is 4.79 Å². The van der Waals surface area contributed by atoms with Crippen molar-refractivity contribution in [2.24, 2.45) is 5.92 Å². The number of carbonyl (C=O) groups is 1. The quantitative estimate of drug-likeness (QED) is 0.765. The van der Waals surface area contributed by atoms with Crippen LogP contribution in [0.5, 0.6) is 0 Å². The monoisotopic (exact) mass is 264 g/mol. The van der Waals surface area contributed by atoms with Gasteiger partial charge in [0, 0.05) is 24.5 Å². The molecule has 2 heterocycles. The standard InChI is InChI=1S/C16H28N2O/c1-17-11-5-9-14(17)15-10-6-12-18(15)16(19)13-7-3-2-4-8-13/h13-15H,2-12H2,1H3/t14-,15+/m0/s1. The number of nitrogens with zero attached hydrogens (tertiary/aromatic N) is 2. The van der Waals surface area contributed by atoms with Crippen LogP contribution in [0.4, 0.5) is 0 Å². The summed E-state index contributed by atoms with van der Waals surface area (Å²) in [6.45, 7) is 2.23. The lowest BCUT2D eigenvalue weighted by molar-refractivity contribution is -0.138. The van der Waals surface area contributed by atoms with Gasteiger partial charge in [0.25, 0.3) is 0 Å². The first-order chi connectivity index (χ1) is 9.27. The molecule has 1 saturated carbocycles. The fourth-order valence-corrected chi connectivity index (χ4v) is 4.47. The summed E-state index contributed by atoms with van der Waals surface area (Å²) in [6.07, 6.45) is 11.2. The van der Waals surface area contributed by atoms with Crippen molar-refractivity contribution in [3.63, 3.8) is 0 Å². The third kappa shape index (κ3) is 2.67. The number of rotatable bonds is 2. The average molecular weight is 264 g/mol. The summed E-state index contributed by atoms with van der Waals surface area (Å²) in [7, 11) is 2.24. The van der Waals surface area contributed by atoms with Gasteiger partial charge in [-0.05, 0) is 52.1 Å². The molecule has 2 aliphatic heterocycles. The van der Waals surface area contributed by atoms with Gasteiger partial charge in [-0.25, -0.2) is 0 Å². The molecule has 0 N–H and O–H groups in total. The summed E-state index contributed by atoms with van der Waals surface area (Å²) in [5, 5.41) is 0. The van der Waals surface area contributed by atoms with Crippen molar-refractivity contribution < 1.29 is 4.79 Å². The van der Waals surface area contributed by atoms with Gasteiger partial charge < -0.3 is 9.80 Å². The van der Waals surface area contributed by atoms with Crippen LogP contribution in [0.25, 0.3) is 0 Å². The Labute approximate surface area is 117 Å². The third-order valence-corrected chi connectivity index (χ3v) is 5.56. The second-order valence-corrected chi connectivity index (χ2v) is 6.77. The van der Waals surface area contributed by atoms with Crippen molar-refractivity contribution in [3.05, 3.63) is 0 Å². The Bertz CT molecular complexity index is 325. The van der Waals surface area contributed by atoms with Crippen molar-refractivity contribution in [3.8, 4) is 0 Å². The molecule has 0 aromatic carbocycles. The van der Waals surface area contributed by atoms with E-state index in [1.807, 2.05) is 0 Å². The molecule has 2 atom stereocenters. The number of hydrogen-bond acceptors (Lipinski definition) is 2. The Morgan fingerprint density at radius 3 is 2.21 bits per heavy atom. The SMILES string of the molecule is CN1CCC[C@H]1[C@H]1CCCN1C(=O)C1CCCCC1. The van der Waals surface area contributed by atoms with E-state index in [4.69, 9.17) is 0 Å². The number of carbonyl (C=O) groups excluding carboxylic acids is 1. The molecule has 19 heavy (non-hydrogen) atoms. The molecule has 3 aliphatic rings. The molecule has 2 saturated heterocycles. The van der Waals surface area contributed by atoms with E-state index in [0.29, 0.717) is 23.9 Å². The maximum Gasteiger partial charge on any atom is 0.225 e. The van der Waals surface area contributed by atoms with E-state index in [1.54, 1.807) is 0 Å². The van der Waals surface area contributed by atoms with E-state index in [1.165, 1.54) is 51.5 Å². The second kappa shape index (κ2) is 5.82. The van der Waals surface area contributed by atoms with Crippen LogP contribution >= 0.6 is 0 Å². The molecule has 3 heteroatoms. The van der Waals surface area contributed by atoms with Crippen LogP contribution in [-0.2, 0) is 4.79 Å². The summed E-state index contributed by atoms with van der Waals surface area (Å²) < 4.78 is 0. The number of likely N-dealkylation sites (tertiary alicyclic amines) is 2. The summed E-state index contributed by atoms with van der Waals surface area (Å²) in [5.74, 6) is 0.837. The molecular formula is C16H28N2O.